The highest BCUT2D eigenvalue weighted by Gasteiger charge is 2.43. The molecule has 0 aliphatic heterocycles. The Hall–Kier alpha value is -3.03. The summed E-state index contributed by atoms with van der Waals surface area (Å²) in [6.07, 6.45) is 2.81. The zero-order chi connectivity index (χ0) is 29.5. The molecule has 11 heteroatoms. The van der Waals surface area contributed by atoms with Crippen molar-refractivity contribution in [1.29, 1.82) is 0 Å². The van der Waals surface area contributed by atoms with E-state index in [4.69, 9.17) is 9.47 Å². The number of hydrogen-bond acceptors (Lipinski definition) is 7. The average molecular weight is 681 g/mol. The van der Waals surface area contributed by atoms with Crippen molar-refractivity contribution in [2.75, 3.05) is 26.8 Å². The van der Waals surface area contributed by atoms with E-state index < -0.39 is 24.2 Å². The fourth-order valence-corrected chi connectivity index (χ4v) is 5.86. The quantitative estimate of drug-likeness (QED) is 0.233. The number of aliphatic hydroxyl groups excluding tert-OH is 2. The number of aldehydes is 1. The predicted octanol–water partition coefficient (Wildman–Crippen LogP) is 3.04. The van der Waals surface area contributed by atoms with Gasteiger partial charge < -0.3 is 29.9 Å². The van der Waals surface area contributed by atoms with Gasteiger partial charge in [0.25, 0.3) is 0 Å². The van der Waals surface area contributed by atoms with Crippen LogP contribution in [0.3, 0.4) is 0 Å². The van der Waals surface area contributed by atoms with Crippen LogP contribution >= 0.6 is 22.6 Å². The molecule has 1 fully saturated rings. The highest BCUT2D eigenvalue weighted by molar-refractivity contribution is 14.1. The van der Waals surface area contributed by atoms with Gasteiger partial charge >= 0.3 is 0 Å². The molecule has 2 amide bonds. The Morgan fingerprint density at radius 2 is 2.02 bits per heavy atom. The van der Waals surface area contributed by atoms with E-state index >= 15 is 0 Å². The second-order valence-corrected chi connectivity index (χ2v) is 11.4. The van der Waals surface area contributed by atoms with Gasteiger partial charge in [0.05, 0.1) is 23.3 Å². The molecule has 0 heterocycles. The lowest BCUT2D eigenvalue weighted by Crippen LogP contribution is -2.57. The van der Waals surface area contributed by atoms with Gasteiger partial charge in [-0.3, -0.25) is 14.4 Å². The zero-order valence-corrected chi connectivity index (χ0v) is 24.9. The molecule has 220 valence electrons. The largest absolute Gasteiger partial charge is 0.493 e. The molecule has 3 atom stereocenters. The molecule has 41 heavy (non-hydrogen) atoms. The lowest BCUT2D eigenvalue weighted by atomic mass is 9.82. The van der Waals surface area contributed by atoms with Gasteiger partial charge in [-0.25, -0.2) is 4.39 Å². The van der Waals surface area contributed by atoms with Crippen LogP contribution in [-0.4, -0.2) is 78.3 Å². The fraction of sp³-hybridized carbons (Fsp3) is 0.433. The van der Waals surface area contributed by atoms with E-state index in [2.05, 4.69) is 5.32 Å². The number of aliphatic hydroxyl groups is 2. The maximum atomic E-state index is 13.9. The number of carbonyl (C=O) groups is 3. The molecule has 0 bridgehead atoms. The Bertz CT molecular complexity index is 1300. The van der Waals surface area contributed by atoms with Crippen LogP contribution in [0.15, 0.2) is 48.0 Å². The molecule has 4 rings (SSSR count). The first kappa shape index (κ1) is 30.9. The Labute approximate surface area is 251 Å². The van der Waals surface area contributed by atoms with Crippen LogP contribution in [-0.2, 0) is 16.0 Å². The number of carbonyl (C=O) groups excluding carboxylic acids is 3. The molecule has 0 radical (unpaired) electrons. The number of benzene rings is 2. The highest BCUT2D eigenvalue weighted by Crippen LogP contribution is 2.38. The summed E-state index contributed by atoms with van der Waals surface area (Å²) in [6, 6.07) is 8.48. The first-order chi connectivity index (χ1) is 19.7. The number of halogens is 2. The molecule has 2 aromatic rings. The SMILES string of the molecule is COc1cc(C=O)cc(I)c1O[C@H]1C=C(C(=O)NCCO)C[C@@H](N(CCc2cccc(F)c2)C(=O)C2CCC2)[C@@H]1O. The lowest BCUT2D eigenvalue weighted by molar-refractivity contribution is -0.145. The second kappa shape index (κ2) is 14.2. The number of methoxy groups -OCH3 is 1. The summed E-state index contributed by atoms with van der Waals surface area (Å²) in [6.45, 7) is 0.00908. The monoisotopic (exact) mass is 680 g/mol. The Morgan fingerprint density at radius 1 is 1.24 bits per heavy atom. The van der Waals surface area contributed by atoms with E-state index in [0.29, 0.717) is 33.0 Å². The Balaban J connectivity index is 1.68. The average Bonchev–Trinajstić information content (AvgIpc) is 2.93. The van der Waals surface area contributed by atoms with Crippen molar-refractivity contribution in [1.82, 2.24) is 10.2 Å². The molecule has 0 unspecified atom stereocenters. The van der Waals surface area contributed by atoms with E-state index in [0.717, 1.165) is 19.3 Å². The van der Waals surface area contributed by atoms with Crippen LogP contribution in [0.5, 0.6) is 11.5 Å². The first-order valence-electron chi connectivity index (χ1n) is 13.6. The summed E-state index contributed by atoms with van der Waals surface area (Å²) in [5, 5.41) is 23.5. The number of nitrogens with zero attached hydrogens (tertiary/aromatic N) is 1. The molecule has 2 aliphatic rings. The molecular weight excluding hydrogens is 646 g/mol. The minimum atomic E-state index is -1.22. The minimum absolute atomic E-state index is 0.0398. The van der Waals surface area contributed by atoms with Crippen molar-refractivity contribution >= 4 is 40.7 Å². The predicted molar refractivity (Wildman–Crippen MR) is 157 cm³/mol. The van der Waals surface area contributed by atoms with Gasteiger partial charge in [-0.1, -0.05) is 18.6 Å². The maximum Gasteiger partial charge on any atom is 0.247 e. The summed E-state index contributed by atoms with van der Waals surface area (Å²) in [5.41, 5.74) is 1.39. The third-order valence-electron chi connectivity index (χ3n) is 7.52. The van der Waals surface area contributed by atoms with E-state index in [1.807, 2.05) is 22.6 Å². The van der Waals surface area contributed by atoms with Crippen LogP contribution < -0.4 is 14.8 Å². The van der Waals surface area contributed by atoms with Crippen LogP contribution in [0.25, 0.3) is 0 Å². The lowest BCUT2D eigenvalue weighted by Gasteiger charge is -2.43. The molecule has 0 spiro atoms. The molecular formula is C30H34FIN2O7. The van der Waals surface area contributed by atoms with Gasteiger partial charge in [0.15, 0.2) is 11.5 Å². The van der Waals surface area contributed by atoms with E-state index in [1.54, 1.807) is 23.1 Å². The van der Waals surface area contributed by atoms with Crippen LogP contribution in [0.1, 0.15) is 41.6 Å². The van der Waals surface area contributed by atoms with Gasteiger partial charge in [0.2, 0.25) is 11.8 Å². The summed E-state index contributed by atoms with van der Waals surface area (Å²) >= 11 is 2.00. The first-order valence-corrected chi connectivity index (χ1v) is 14.7. The zero-order valence-electron chi connectivity index (χ0n) is 22.7. The van der Waals surface area contributed by atoms with E-state index in [9.17, 15) is 29.0 Å². The van der Waals surface area contributed by atoms with Gasteiger partial charge in [0.1, 0.15) is 24.3 Å². The number of ether oxygens (including phenoxy) is 2. The second-order valence-electron chi connectivity index (χ2n) is 10.2. The molecule has 2 aromatic carbocycles. The third-order valence-corrected chi connectivity index (χ3v) is 8.33. The number of rotatable bonds is 12. The van der Waals surface area contributed by atoms with Crippen molar-refractivity contribution < 1.29 is 38.5 Å². The summed E-state index contributed by atoms with van der Waals surface area (Å²) < 4.78 is 26.1. The molecule has 0 saturated heterocycles. The van der Waals surface area contributed by atoms with Gasteiger partial charge in [-0.05, 0) is 77.8 Å². The highest BCUT2D eigenvalue weighted by atomic mass is 127. The van der Waals surface area contributed by atoms with Crippen molar-refractivity contribution in [3.8, 4) is 11.5 Å². The van der Waals surface area contributed by atoms with Crippen molar-refractivity contribution in [2.24, 2.45) is 5.92 Å². The molecule has 2 aliphatic carbocycles. The fourth-order valence-electron chi connectivity index (χ4n) is 5.11. The van der Waals surface area contributed by atoms with Gasteiger partial charge in [-0.2, -0.15) is 0 Å². The number of amides is 2. The minimum Gasteiger partial charge on any atom is -0.493 e. The molecule has 9 nitrogen and oxygen atoms in total. The molecule has 3 N–H and O–H groups in total. The van der Waals surface area contributed by atoms with Crippen molar-refractivity contribution in [2.45, 2.75) is 50.4 Å². The smallest absolute Gasteiger partial charge is 0.247 e. The maximum absolute atomic E-state index is 13.9. The van der Waals surface area contributed by atoms with E-state index in [-0.39, 0.29) is 55.3 Å². The van der Waals surface area contributed by atoms with Crippen molar-refractivity contribution in [3.05, 3.63) is 68.6 Å². The van der Waals surface area contributed by atoms with E-state index in [1.165, 1.54) is 31.4 Å². The van der Waals surface area contributed by atoms with Crippen LogP contribution in [0.2, 0.25) is 0 Å². The normalized spacial score (nSPS) is 20.4. The topological polar surface area (TPSA) is 125 Å². The third kappa shape index (κ3) is 7.44. The van der Waals surface area contributed by atoms with Crippen molar-refractivity contribution in [3.63, 3.8) is 0 Å². The number of nitrogens with one attached hydrogen (secondary N) is 1. The summed E-state index contributed by atoms with van der Waals surface area (Å²) in [4.78, 5) is 39.7. The standard InChI is InChI=1S/C30H34FIN2O7/c1-40-26-14-19(17-36)13-23(32)28(26)41-25-16-21(29(38)33-9-11-35)15-24(27(25)37)34(30(39)20-5-3-6-20)10-8-18-4-2-7-22(31)12-18/h2,4,7,12-14,16-17,20,24-25,27,35,37H,3,5-6,8-11,15H2,1H3,(H,33,38)/t24-,25+,27+/m1/s1. The number of hydrogen-bond donors (Lipinski definition) is 3. The van der Waals surface area contributed by atoms with Gasteiger partial charge in [0, 0.05) is 36.6 Å². The summed E-state index contributed by atoms with van der Waals surface area (Å²) in [7, 11) is 1.43. The van der Waals surface area contributed by atoms with Crippen LogP contribution in [0, 0.1) is 15.3 Å². The van der Waals surface area contributed by atoms with Gasteiger partial charge in [-0.15, -0.1) is 0 Å². The molecule has 1 saturated carbocycles. The molecule has 0 aromatic heterocycles. The Morgan fingerprint density at radius 3 is 2.66 bits per heavy atom. The van der Waals surface area contributed by atoms with Crippen LogP contribution in [0.4, 0.5) is 4.39 Å². The Kier molecular flexibility index (Phi) is 10.7. The summed E-state index contributed by atoms with van der Waals surface area (Å²) in [5.74, 6) is -0.546.